The second-order valence-electron chi connectivity index (χ2n) is 5.03. The van der Waals surface area contributed by atoms with Crippen molar-refractivity contribution in [2.45, 2.75) is 12.5 Å². The highest BCUT2D eigenvalue weighted by atomic mass is 32.2. The Kier molecular flexibility index (Phi) is 4.72. The number of methoxy groups -OCH3 is 1. The standard InChI is InChI=1S/C14H19NO5S/c1-15(11-6-7-21(17,18)10-11)14(16)9-20-13-5-3-4-12(8-13)19-2/h3-5,8,11H,6-7,9-10H2,1-2H3/t11-/m1/s1. The summed E-state index contributed by atoms with van der Waals surface area (Å²) in [6.45, 7) is -0.125. The molecule has 0 aromatic heterocycles. The first kappa shape index (κ1) is 15.6. The van der Waals surface area contributed by atoms with Crippen molar-refractivity contribution in [3.05, 3.63) is 24.3 Å². The molecule has 1 aromatic carbocycles. The normalized spacial score (nSPS) is 20.0. The van der Waals surface area contributed by atoms with E-state index in [1.54, 1.807) is 38.4 Å². The highest BCUT2D eigenvalue weighted by molar-refractivity contribution is 7.91. The van der Waals surface area contributed by atoms with Gasteiger partial charge in [-0.05, 0) is 18.6 Å². The number of likely N-dealkylation sites (N-methyl/N-ethyl adjacent to an activating group) is 1. The van der Waals surface area contributed by atoms with E-state index in [0.29, 0.717) is 17.9 Å². The van der Waals surface area contributed by atoms with E-state index in [1.807, 2.05) is 0 Å². The molecule has 2 rings (SSSR count). The number of ether oxygens (including phenoxy) is 2. The average molecular weight is 313 g/mol. The molecule has 1 amide bonds. The summed E-state index contributed by atoms with van der Waals surface area (Å²) in [6.07, 6.45) is 0.490. The Morgan fingerprint density at radius 1 is 1.38 bits per heavy atom. The SMILES string of the molecule is COc1cccc(OCC(=O)N(C)[C@@H]2CCS(=O)(=O)C2)c1. The van der Waals surface area contributed by atoms with Gasteiger partial charge in [0.05, 0.1) is 18.6 Å². The number of nitrogens with zero attached hydrogens (tertiary/aromatic N) is 1. The molecule has 1 heterocycles. The van der Waals surface area contributed by atoms with Gasteiger partial charge in [-0.3, -0.25) is 4.79 Å². The van der Waals surface area contributed by atoms with Crippen molar-refractivity contribution in [1.82, 2.24) is 4.90 Å². The number of sulfone groups is 1. The van der Waals surface area contributed by atoms with E-state index in [2.05, 4.69) is 0 Å². The maximum Gasteiger partial charge on any atom is 0.260 e. The second-order valence-corrected chi connectivity index (χ2v) is 7.26. The van der Waals surface area contributed by atoms with Gasteiger partial charge in [-0.25, -0.2) is 8.42 Å². The molecular weight excluding hydrogens is 294 g/mol. The molecule has 1 aliphatic rings. The number of rotatable bonds is 5. The van der Waals surface area contributed by atoms with Crippen molar-refractivity contribution in [3.8, 4) is 11.5 Å². The van der Waals surface area contributed by atoms with Crippen molar-refractivity contribution in [2.75, 3.05) is 32.3 Å². The van der Waals surface area contributed by atoms with E-state index >= 15 is 0 Å². The molecule has 21 heavy (non-hydrogen) atoms. The van der Waals surface area contributed by atoms with Gasteiger partial charge < -0.3 is 14.4 Å². The lowest BCUT2D eigenvalue weighted by molar-refractivity contribution is -0.133. The molecule has 1 atom stereocenters. The van der Waals surface area contributed by atoms with Crippen LogP contribution in [0.2, 0.25) is 0 Å². The molecule has 1 saturated heterocycles. The van der Waals surface area contributed by atoms with Crippen LogP contribution in [-0.2, 0) is 14.6 Å². The lowest BCUT2D eigenvalue weighted by atomic mass is 10.2. The number of hydrogen-bond donors (Lipinski definition) is 0. The van der Waals surface area contributed by atoms with Gasteiger partial charge in [-0.1, -0.05) is 6.07 Å². The van der Waals surface area contributed by atoms with E-state index in [9.17, 15) is 13.2 Å². The molecule has 0 N–H and O–H groups in total. The van der Waals surface area contributed by atoms with Crippen molar-refractivity contribution < 1.29 is 22.7 Å². The van der Waals surface area contributed by atoms with Crippen LogP contribution in [0.5, 0.6) is 11.5 Å². The maximum absolute atomic E-state index is 12.0. The van der Waals surface area contributed by atoms with Crippen molar-refractivity contribution in [3.63, 3.8) is 0 Å². The summed E-state index contributed by atoms with van der Waals surface area (Å²) in [6, 6.07) is 6.72. The average Bonchev–Trinajstić information content (AvgIpc) is 2.84. The molecule has 6 nitrogen and oxygen atoms in total. The van der Waals surface area contributed by atoms with Gasteiger partial charge in [-0.15, -0.1) is 0 Å². The monoisotopic (exact) mass is 313 g/mol. The Hall–Kier alpha value is -1.76. The summed E-state index contributed by atoms with van der Waals surface area (Å²) in [4.78, 5) is 13.5. The zero-order chi connectivity index (χ0) is 15.5. The van der Waals surface area contributed by atoms with Crippen LogP contribution in [0.25, 0.3) is 0 Å². The Bertz CT molecular complexity index is 614. The van der Waals surface area contributed by atoms with Crippen molar-refractivity contribution in [2.24, 2.45) is 0 Å². The molecule has 0 saturated carbocycles. The van der Waals surface area contributed by atoms with Crippen LogP contribution in [0.15, 0.2) is 24.3 Å². The number of amides is 1. The molecule has 116 valence electrons. The Morgan fingerprint density at radius 2 is 2.10 bits per heavy atom. The van der Waals surface area contributed by atoms with Crippen LogP contribution in [0.3, 0.4) is 0 Å². The predicted octanol–water partition coefficient (Wildman–Crippen LogP) is 0.720. The first-order valence-corrected chi connectivity index (χ1v) is 8.46. The van der Waals surface area contributed by atoms with Crippen LogP contribution >= 0.6 is 0 Å². The summed E-state index contributed by atoms with van der Waals surface area (Å²) < 4.78 is 33.4. The molecule has 0 radical (unpaired) electrons. The van der Waals surface area contributed by atoms with E-state index in [0.717, 1.165) is 0 Å². The summed E-state index contributed by atoms with van der Waals surface area (Å²) >= 11 is 0. The third-order valence-electron chi connectivity index (χ3n) is 3.55. The topological polar surface area (TPSA) is 72.9 Å². The van der Waals surface area contributed by atoms with Crippen LogP contribution < -0.4 is 9.47 Å². The Balaban J connectivity index is 1.89. The zero-order valence-electron chi connectivity index (χ0n) is 12.1. The molecule has 0 unspecified atom stereocenters. The minimum Gasteiger partial charge on any atom is -0.497 e. The van der Waals surface area contributed by atoms with E-state index in [4.69, 9.17) is 9.47 Å². The largest absolute Gasteiger partial charge is 0.497 e. The minimum atomic E-state index is -3.00. The van der Waals surface area contributed by atoms with Gasteiger partial charge in [0, 0.05) is 19.2 Å². The highest BCUT2D eigenvalue weighted by Gasteiger charge is 2.32. The van der Waals surface area contributed by atoms with Gasteiger partial charge in [0.25, 0.3) is 5.91 Å². The van der Waals surface area contributed by atoms with Crippen LogP contribution in [0.4, 0.5) is 0 Å². The fraction of sp³-hybridized carbons (Fsp3) is 0.500. The molecular formula is C14H19NO5S. The molecule has 0 bridgehead atoms. The molecule has 1 fully saturated rings. The van der Waals surface area contributed by atoms with Crippen molar-refractivity contribution in [1.29, 1.82) is 0 Å². The lowest BCUT2D eigenvalue weighted by Gasteiger charge is -2.23. The van der Waals surface area contributed by atoms with Crippen LogP contribution in [-0.4, -0.2) is 57.5 Å². The lowest BCUT2D eigenvalue weighted by Crippen LogP contribution is -2.40. The highest BCUT2D eigenvalue weighted by Crippen LogP contribution is 2.20. The molecule has 7 heteroatoms. The molecule has 1 aliphatic heterocycles. The maximum atomic E-state index is 12.0. The summed E-state index contributed by atoms with van der Waals surface area (Å²) in [5.41, 5.74) is 0. The van der Waals surface area contributed by atoms with Crippen molar-refractivity contribution >= 4 is 15.7 Å². The fourth-order valence-electron chi connectivity index (χ4n) is 2.22. The number of benzene rings is 1. The predicted molar refractivity (Wildman–Crippen MR) is 78.3 cm³/mol. The Labute approximate surface area is 124 Å². The zero-order valence-corrected chi connectivity index (χ0v) is 12.9. The summed E-state index contributed by atoms with van der Waals surface area (Å²) in [5.74, 6) is 1.13. The van der Waals surface area contributed by atoms with Crippen LogP contribution in [0.1, 0.15) is 6.42 Å². The molecule has 0 spiro atoms. The number of carbonyl (C=O) groups excluding carboxylic acids is 1. The first-order valence-electron chi connectivity index (χ1n) is 6.64. The van der Waals surface area contributed by atoms with Gasteiger partial charge >= 0.3 is 0 Å². The van der Waals surface area contributed by atoms with Gasteiger partial charge in [0.15, 0.2) is 16.4 Å². The van der Waals surface area contributed by atoms with E-state index < -0.39 is 9.84 Å². The number of hydrogen-bond acceptors (Lipinski definition) is 5. The van der Waals surface area contributed by atoms with E-state index in [1.165, 1.54) is 4.90 Å². The number of carbonyl (C=O) groups is 1. The fourth-order valence-corrected chi connectivity index (χ4v) is 4.00. The van der Waals surface area contributed by atoms with Gasteiger partial charge in [-0.2, -0.15) is 0 Å². The summed E-state index contributed by atoms with van der Waals surface area (Å²) in [5, 5.41) is 0. The third-order valence-corrected chi connectivity index (χ3v) is 5.30. The van der Waals surface area contributed by atoms with Gasteiger partial charge in [0.2, 0.25) is 0 Å². The Morgan fingerprint density at radius 3 is 2.71 bits per heavy atom. The van der Waals surface area contributed by atoms with Gasteiger partial charge in [0.1, 0.15) is 11.5 Å². The quantitative estimate of drug-likeness (QED) is 0.801. The van der Waals surface area contributed by atoms with E-state index in [-0.39, 0.29) is 30.1 Å². The molecule has 1 aromatic rings. The minimum absolute atomic E-state index is 0.0361. The summed E-state index contributed by atoms with van der Waals surface area (Å²) in [7, 11) is 0.167. The smallest absolute Gasteiger partial charge is 0.260 e. The molecule has 0 aliphatic carbocycles. The first-order chi connectivity index (χ1) is 9.91. The third kappa shape index (κ3) is 4.10. The van der Waals surface area contributed by atoms with Crippen LogP contribution in [0, 0.1) is 0 Å². The second kappa shape index (κ2) is 6.34.